The molecule has 0 bridgehead atoms. The monoisotopic (exact) mass is 452 g/mol. The number of ether oxygens (including phenoxy) is 1. The van der Waals surface area contributed by atoms with Crippen molar-refractivity contribution in [2.24, 2.45) is 0 Å². The third kappa shape index (κ3) is 3.88. The summed E-state index contributed by atoms with van der Waals surface area (Å²) in [5.41, 5.74) is 2.90. The molecule has 0 radical (unpaired) electrons. The Morgan fingerprint density at radius 3 is 2.58 bits per heavy atom. The summed E-state index contributed by atoms with van der Waals surface area (Å²) in [4.78, 5) is 20.8. The lowest BCUT2D eigenvalue weighted by Crippen LogP contribution is -2.22. The van der Waals surface area contributed by atoms with Gasteiger partial charge in [-0.2, -0.15) is 0 Å². The Hall–Kier alpha value is -2.64. The maximum absolute atomic E-state index is 13.7. The zero-order valence-corrected chi connectivity index (χ0v) is 18.7. The summed E-state index contributed by atoms with van der Waals surface area (Å²) < 4.78 is 20.2. The minimum absolute atomic E-state index is 0.0174. The quantitative estimate of drug-likeness (QED) is 0.285. The van der Waals surface area contributed by atoms with Crippen LogP contribution in [0, 0.1) is 5.82 Å². The predicted octanol–water partition coefficient (Wildman–Crippen LogP) is 5.77. The highest BCUT2D eigenvalue weighted by Crippen LogP contribution is 2.35. The Morgan fingerprint density at radius 2 is 1.84 bits per heavy atom. The second-order valence-electron chi connectivity index (χ2n) is 7.54. The van der Waals surface area contributed by atoms with Gasteiger partial charge in [0.15, 0.2) is 5.16 Å². The number of thiophene rings is 1. The summed E-state index contributed by atoms with van der Waals surface area (Å²) in [7, 11) is 1.62. The number of aromatic nitrogens is 2. The number of benzene rings is 2. The van der Waals surface area contributed by atoms with Crippen molar-refractivity contribution in [1.82, 2.24) is 9.55 Å². The molecule has 0 N–H and O–H groups in total. The van der Waals surface area contributed by atoms with Crippen LogP contribution in [-0.2, 0) is 18.6 Å². The summed E-state index contributed by atoms with van der Waals surface area (Å²) in [6, 6.07) is 13.9. The summed E-state index contributed by atoms with van der Waals surface area (Å²) >= 11 is 3.14. The van der Waals surface area contributed by atoms with E-state index in [1.54, 1.807) is 35.1 Å². The minimum atomic E-state index is -0.257. The molecule has 2 heterocycles. The van der Waals surface area contributed by atoms with Crippen LogP contribution < -0.4 is 10.3 Å². The van der Waals surface area contributed by atoms with Gasteiger partial charge in [-0.1, -0.05) is 23.9 Å². The van der Waals surface area contributed by atoms with E-state index in [0.29, 0.717) is 10.9 Å². The first kappa shape index (κ1) is 20.3. The number of rotatable bonds is 5. The first-order chi connectivity index (χ1) is 15.1. The molecule has 31 heavy (non-hydrogen) atoms. The topological polar surface area (TPSA) is 44.1 Å². The Bertz CT molecular complexity index is 1290. The fraction of sp³-hybridized carbons (Fsp3) is 0.250. The van der Waals surface area contributed by atoms with Crippen molar-refractivity contribution < 1.29 is 9.13 Å². The van der Waals surface area contributed by atoms with Crippen LogP contribution in [0.2, 0.25) is 0 Å². The molecule has 4 nitrogen and oxygen atoms in total. The molecule has 4 aromatic rings. The lowest BCUT2D eigenvalue weighted by atomic mass is 9.97. The summed E-state index contributed by atoms with van der Waals surface area (Å²) in [6.45, 7) is 0. The number of aryl methyl sites for hydroxylation is 2. The van der Waals surface area contributed by atoms with Crippen LogP contribution in [0.15, 0.2) is 58.5 Å². The second kappa shape index (κ2) is 8.48. The Kier molecular flexibility index (Phi) is 5.54. The van der Waals surface area contributed by atoms with Crippen molar-refractivity contribution in [3.63, 3.8) is 0 Å². The smallest absolute Gasteiger partial charge is 0.267 e. The standard InChI is InChI=1S/C24H21FN2O2S2/c1-29-18-12-10-17(11-13-18)27-23(28)21-19-4-2-3-5-20(19)31-22(21)26-24(27)30-14-15-6-8-16(25)9-7-15/h6-13H,2-5,14H2,1H3. The lowest BCUT2D eigenvalue weighted by molar-refractivity contribution is 0.414. The van der Waals surface area contributed by atoms with E-state index in [4.69, 9.17) is 9.72 Å². The van der Waals surface area contributed by atoms with Crippen molar-refractivity contribution in [1.29, 1.82) is 0 Å². The van der Waals surface area contributed by atoms with Crippen LogP contribution in [0.3, 0.4) is 0 Å². The van der Waals surface area contributed by atoms with Crippen molar-refractivity contribution in [3.8, 4) is 11.4 Å². The van der Waals surface area contributed by atoms with Gasteiger partial charge in [-0.05, 0) is 73.2 Å². The van der Waals surface area contributed by atoms with Crippen LogP contribution in [0.25, 0.3) is 15.9 Å². The SMILES string of the molecule is COc1ccc(-n2c(SCc3ccc(F)cc3)nc3sc4c(c3c2=O)CCCC4)cc1. The molecule has 0 fully saturated rings. The van der Waals surface area contributed by atoms with Crippen molar-refractivity contribution >= 4 is 33.3 Å². The first-order valence-electron chi connectivity index (χ1n) is 10.2. The molecule has 5 rings (SSSR count). The van der Waals surface area contributed by atoms with Crippen molar-refractivity contribution in [3.05, 3.63) is 80.7 Å². The second-order valence-corrected chi connectivity index (χ2v) is 9.57. The van der Waals surface area contributed by atoms with Crippen LogP contribution in [-0.4, -0.2) is 16.7 Å². The van der Waals surface area contributed by atoms with E-state index in [9.17, 15) is 9.18 Å². The van der Waals surface area contributed by atoms with Gasteiger partial charge in [0.25, 0.3) is 5.56 Å². The van der Waals surface area contributed by atoms with E-state index in [0.717, 1.165) is 46.5 Å². The van der Waals surface area contributed by atoms with Gasteiger partial charge in [-0.15, -0.1) is 11.3 Å². The molecule has 1 aliphatic rings. The molecule has 0 spiro atoms. The molecule has 0 saturated carbocycles. The van der Waals surface area contributed by atoms with Crippen LogP contribution in [0.4, 0.5) is 4.39 Å². The number of halogens is 1. The van der Waals surface area contributed by atoms with E-state index in [1.165, 1.54) is 40.8 Å². The maximum atomic E-state index is 13.7. The van der Waals surface area contributed by atoms with Gasteiger partial charge >= 0.3 is 0 Å². The van der Waals surface area contributed by atoms with Crippen molar-refractivity contribution in [2.75, 3.05) is 7.11 Å². The molecular formula is C24H21FN2O2S2. The van der Waals surface area contributed by atoms with Gasteiger partial charge in [-0.25, -0.2) is 9.37 Å². The fourth-order valence-electron chi connectivity index (χ4n) is 3.97. The number of fused-ring (bicyclic) bond motifs is 3. The molecule has 158 valence electrons. The summed E-state index contributed by atoms with van der Waals surface area (Å²) in [5, 5.41) is 1.41. The average Bonchev–Trinajstić information content (AvgIpc) is 3.17. The number of nitrogens with zero attached hydrogens (tertiary/aromatic N) is 2. The molecule has 0 aliphatic heterocycles. The fourth-order valence-corrected chi connectivity index (χ4v) is 6.24. The van der Waals surface area contributed by atoms with Gasteiger partial charge in [-0.3, -0.25) is 9.36 Å². The van der Waals surface area contributed by atoms with E-state index in [1.807, 2.05) is 24.3 Å². The maximum Gasteiger partial charge on any atom is 0.267 e. The highest BCUT2D eigenvalue weighted by molar-refractivity contribution is 7.98. The molecule has 0 saturated heterocycles. The third-order valence-electron chi connectivity index (χ3n) is 5.57. The van der Waals surface area contributed by atoms with E-state index in [-0.39, 0.29) is 11.4 Å². The predicted molar refractivity (Wildman–Crippen MR) is 124 cm³/mol. The molecule has 7 heteroatoms. The molecule has 0 unspecified atom stereocenters. The average molecular weight is 453 g/mol. The number of methoxy groups -OCH3 is 1. The van der Waals surface area contributed by atoms with Crippen LogP contribution in [0.1, 0.15) is 28.8 Å². The molecule has 0 atom stereocenters. The van der Waals surface area contributed by atoms with Gasteiger partial charge < -0.3 is 4.74 Å². The highest BCUT2D eigenvalue weighted by atomic mass is 32.2. The molecule has 0 amide bonds. The summed E-state index contributed by atoms with van der Waals surface area (Å²) in [6.07, 6.45) is 4.24. The minimum Gasteiger partial charge on any atom is -0.497 e. The lowest BCUT2D eigenvalue weighted by Gasteiger charge is -2.14. The molecule has 2 aromatic heterocycles. The zero-order valence-electron chi connectivity index (χ0n) is 17.1. The summed E-state index contributed by atoms with van der Waals surface area (Å²) in [5.74, 6) is 1.08. The Morgan fingerprint density at radius 1 is 1.10 bits per heavy atom. The van der Waals surface area contributed by atoms with Gasteiger partial charge in [0.2, 0.25) is 0 Å². The highest BCUT2D eigenvalue weighted by Gasteiger charge is 2.23. The number of hydrogen-bond acceptors (Lipinski definition) is 5. The van der Waals surface area contributed by atoms with E-state index in [2.05, 4.69) is 0 Å². The number of hydrogen-bond donors (Lipinski definition) is 0. The van der Waals surface area contributed by atoms with Gasteiger partial charge in [0.1, 0.15) is 16.4 Å². The van der Waals surface area contributed by atoms with Crippen LogP contribution in [0.5, 0.6) is 5.75 Å². The van der Waals surface area contributed by atoms with Crippen LogP contribution >= 0.6 is 23.1 Å². The molecule has 2 aromatic carbocycles. The Balaban J connectivity index is 1.64. The van der Waals surface area contributed by atoms with E-state index >= 15 is 0 Å². The largest absolute Gasteiger partial charge is 0.497 e. The zero-order chi connectivity index (χ0) is 21.4. The van der Waals surface area contributed by atoms with E-state index < -0.39 is 0 Å². The molecule has 1 aliphatic carbocycles. The molecular weight excluding hydrogens is 431 g/mol. The number of thioether (sulfide) groups is 1. The normalized spacial score (nSPS) is 13.4. The first-order valence-corrected chi connectivity index (χ1v) is 12.0. The van der Waals surface area contributed by atoms with Gasteiger partial charge in [0.05, 0.1) is 18.2 Å². The third-order valence-corrected chi connectivity index (χ3v) is 7.77. The van der Waals surface area contributed by atoms with Gasteiger partial charge in [0, 0.05) is 10.6 Å². The van der Waals surface area contributed by atoms with Crippen molar-refractivity contribution in [2.45, 2.75) is 36.6 Å². The Labute approximate surface area is 187 Å².